The van der Waals surface area contributed by atoms with Crippen LogP contribution >= 0.6 is 0 Å². The predicted molar refractivity (Wildman–Crippen MR) is 66.3 cm³/mol. The van der Waals surface area contributed by atoms with E-state index in [2.05, 4.69) is 17.1 Å². The summed E-state index contributed by atoms with van der Waals surface area (Å²) in [5, 5.41) is 4.06. The third kappa shape index (κ3) is 2.53. The lowest BCUT2D eigenvalue weighted by Gasteiger charge is -2.03. The van der Waals surface area contributed by atoms with Crippen molar-refractivity contribution in [2.24, 2.45) is 5.73 Å². The van der Waals surface area contributed by atoms with Crippen molar-refractivity contribution in [1.29, 1.82) is 0 Å². The van der Waals surface area contributed by atoms with Crippen LogP contribution in [0.5, 0.6) is 0 Å². The molecule has 2 aromatic heterocycles. The van der Waals surface area contributed by atoms with Gasteiger partial charge in [0.2, 0.25) is 0 Å². The Balaban J connectivity index is 2.27. The van der Waals surface area contributed by atoms with Gasteiger partial charge in [-0.3, -0.25) is 4.98 Å². The first-order valence-corrected chi connectivity index (χ1v) is 5.85. The second-order valence-electron chi connectivity index (χ2n) is 4.20. The molecular formula is C13H17N3O. The van der Waals surface area contributed by atoms with Crippen LogP contribution in [-0.2, 0) is 0 Å². The fraction of sp³-hybridized carbons (Fsp3) is 0.385. The summed E-state index contributed by atoms with van der Waals surface area (Å²) in [7, 11) is 0. The molecule has 2 N–H and O–H groups in total. The van der Waals surface area contributed by atoms with Crippen molar-refractivity contribution in [2.45, 2.75) is 32.7 Å². The summed E-state index contributed by atoms with van der Waals surface area (Å²) in [5.41, 5.74) is 8.91. The van der Waals surface area contributed by atoms with Crippen LogP contribution in [0.25, 0.3) is 11.3 Å². The SMILES string of the molecule is CCCC(N)c1cc(-c2cnccc2C)no1. The third-order valence-corrected chi connectivity index (χ3v) is 2.81. The molecule has 0 aromatic carbocycles. The highest BCUT2D eigenvalue weighted by atomic mass is 16.5. The minimum Gasteiger partial charge on any atom is -0.359 e. The van der Waals surface area contributed by atoms with E-state index in [1.165, 1.54) is 0 Å². The molecule has 2 aromatic rings. The molecule has 0 aliphatic rings. The van der Waals surface area contributed by atoms with Gasteiger partial charge in [0.1, 0.15) is 5.69 Å². The van der Waals surface area contributed by atoms with Crippen LogP contribution in [0.2, 0.25) is 0 Å². The Bertz CT molecular complexity index is 493. The van der Waals surface area contributed by atoms with Gasteiger partial charge in [-0.25, -0.2) is 0 Å². The van der Waals surface area contributed by atoms with Gasteiger partial charge in [-0.1, -0.05) is 18.5 Å². The van der Waals surface area contributed by atoms with Crippen molar-refractivity contribution in [3.63, 3.8) is 0 Å². The van der Waals surface area contributed by atoms with Crippen molar-refractivity contribution in [2.75, 3.05) is 0 Å². The maximum atomic E-state index is 5.99. The normalized spacial score (nSPS) is 12.6. The van der Waals surface area contributed by atoms with Gasteiger partial charge in [-0.05, 0) is 25.0 Å². The lowest BCUT2D eigenvalue weighted by atomic mass is 10.1. The zero-order valence-corrected chi connectivity index (χ0v) is 10.2. The number of nitrogens with zero attached hydrogens (tertiary/aromatic N) is 2. The van der Waals surface area contributed by atoms with E-state index in [0.29, 0.717) is 0 Å². The number of aromatic nitrogens is 2. The van der Waals surface area contributed by atoms with E-state index >= 15 is 0 Å². The van der Waals surface area contributed by atoms with E-state index in [4.69, 9.17) is 10.3 Å². The molecule has 0 aliphatic carbocycles. The van der Waals surface area contributed by atoms with Crippen LogP contribution in [0.1, 0.15) is 37.1 Å². The highest BCUT2D eigenvalue weighted by molar-refractivity contribution is 5.61. The van der Waals surface area contributed by atoms with Gasteiger partial charge < -0.3 is 10.3 Å². The minimum absolute atomic E-state index is 0.0711. The molecule has 0 saturated carbocycles. The number of hydrogen-bond acceptors (Lipinski definition) is 4. The maximum absolute atomic E-state index is 5.99. The zero-order chi connectivity index (χ0) is 12.3. The number of nitrogens with two attached hydrogens (primary N) is 1. The highest BCUT2D eigenvalue weighted by Crippen LogP contribution is 2.25. The van der Waals surface area contributed by atoms with E-state index in [9.17, 15) is 0 Å². The smallest absolute Gasteiger partial charge is 0.154 e. The minimum atomic E-state index is -0.0711. The Labute approximate surface area is 101 Å². The molecule has 4 heteroatoms. The van der Waals surface area contributed by atoms with Crippen LogP contribution < -0.4 is 5.73 Å². The van der Waals surface area contributed by atoms with Crippen molar-refractivity contribution in [3.8, 4) is 11.3 Å². The molecule has 0 aliphatic heterocycles. The summed E-state index contributed by atoms with van der Waals surface area (Å²) in [6.45, 7) is 4.12. The lowest BCUT2D eigenvalue weighted by Crippen LogP contribution is -2.08. The highest BCUT2D eigenvalue weighted by Gasteiger charge is 2.13. The molecule has 0 radical (unpaired) electrons. The fourth-order valence-corrected chi connectivity index (χ4v) is 1.78. The van der Waals surface area contributed by atoms with E-state index in [1.807, 2.05) is 19.1 Å². The van der Waals surface area contributed by atoms with Crippen LogP contribution in [0, 0.1) is 6.92 Å². The Morgan fingerprint density at radius 3 is 3.00 bits per heavy atom. The van der Waals surface area contributed by atoms with Crippen LogP contribution in [0.4, 0.5) is 0 Å². The number of pyridine rings is 1. The van der Waals surface area contributed by atoms with Gasteiger partial charge in [0.05, 0.1) is 6.04 Å². The molecule has 1 unspecified atom stereocenters. The molecule has 2 heterocycles. The van der Waals surface area contributed by atoms with Gasteiger partial charge in [0.25, 0.3) is 0 Å². The topological polar surface area (TPSA) is 64.9 Å². The quantitative estimate of drug-likeness (QED) is 0.878. The lowest BCUT2D eigenvalue weighted by molar-refractivity contribution is 0.356. The number of hydrogen-bond donors (Lipinski definition) is 1. The average molecular weight is 231 g/mol. The largest absolute Gasteiger partial charge is 0.359 e. The van der Waals surface area contributed by atoms with Crippen molar-refractivity contribution in [3.05, 3.63) is 35.9 Å². The first kappa shape index (κ1) is 11.8. The van der Waals surface area contributed by atoms with Gasteiger partial charge >= 0.3 is 0 Å². The molecule has 17 heavy (non-hydrogen) atoms. The third-order valence-electron chi connectivity index (χ3n) is 2.81. The summed E-state index contributed by atoms with van der Waals surface area (Å²) in [5.74, 6) is 0.741. The summed E-state index contributed by atoms with van der Waals surface area (Å²) in [6.07, 6.45) is 5.49. The summed E-state index contributed by atoms with van der Waals surface area (Å²) < 4.78 is 5.29. The van der Waals surface area contributed by atoms with E-state index < -0.39 is 0 Å². The maximum Gasteiger partial charge on any atom is 0.154 e. The molecule has 4 nitrogen and oxygen atoms in total. The van der Waals surface area contributed by atoms with E-state index in [-0.39, 0.29) is 6.04 Å². The molecule has 0 amide bonds. The predicted octanol–water partition coefficient (Wildman–Crippen LogP) is 2.84. The molecule has 0 saturated heterocycles. The number of aryl methyl sites for hydroxylation is 1. The Morgan fingerprint density at radius 2 is 2.29 bits per heavy atom. The van der Waals surface area contributed by atoms with Crippen LogP contribution in [0.15, 0.2) is 29.0 Å². The van der Waals surface area contributed by atoms with Crippen molar-refractivity contribution in [1.82, 2.24) is 10.1 Å². The van der Waals surface area contributed by atoms with Gasteiger partial charge in [0, 0.05) is 24.0 Å². The fourth-order valence-electron chi connectivity index (χ4n) is 1.78. The Morgan fingerprint density at radius 1 is 1.47 bits per heavy atom. The number of rotatable bonds is 4. The van der Waals surface area contributed by atoms with Crippen molar-refractivity contribution >= 4 is 0 Å². The van der Waals surface area contributed by atoms with Gasteiger partial charge in [-0.2, -0.15) is 0 Å². The molecule has 0 fully saturated rings. The van der Waals surface area contributed by atoms with E-state index in [0.717, 1.165) is 35.4 Å². The summed E-state index contributed by atoms with van der Waals surface area (Å²) in [6, 6.07) is 3.79. The molecular weight excluding hydrogens is 214 g/mol. The van der Waals surface area contributed by atoms with Gasteiger partial charge in [0.15, 0.2) is 5.76 Å². The molecule has 1 atom stereocenters. The van der Waals surface area contributed by atoms with Crippen LogP contribution in [0.3, 0.4) is 0 Å². The Kier molecular flexibility index (Phi) is 3.54. The molecule has 2 rings (SSSR count). The molecule has 0 bridgehead atoms. The molecule has 90 valence electrons. The summed E-state index contributed by atoms with van der Waals surface area (Å²) in [4.78, 5) is 4.10. The van der Waals surface area contributed by atoms with Gasteiger partial charge in [-0.15, -0.1) is 0 Å². The van der Waals surface area contributed by atoms with Crippen LogP contribution in [-0.4, -0.2) is 10.1 Å². The summed E-state index contributed by atoms with van der Waals surface area (Å²) >= 11 is 0. The first-order chi connectivity index (χ1) is 8.22. The van der Waals surface area contributed by atoms with E-state index in [1.54, 1.807) is 12.4 Å². The first-order valence-electron chi connectivity index (χ1n) is 5.85. The Hall–Kier alpha value is -1.68. The second-order valence-corrected chi connectivity index (χ2v) is 4.20. The monoisotopic (exact) mass is 231 g/mol. The molecule has 0 spiro atoms. The zero-order valence-electron chi connectivity index (χ0n) is 10.2. The van der Waals surface area contributed by atoms with Crippen molar-refractivity contribution < 1.29 is 4.52 Å². The second kappa shape index (κ2) is 5.10. The standard InChI is InChI=1S/C13H17N3O/c1-3-4-11(14)13-7-12(16-17-13)10-8-15-6-5-9(10)2/h5-8,11H,3-4,14H2,1-2H3. The average Bonchev–Trinajstić information content (AvgIpc) is 2.79.